The van der Waals surface area contributed by atoms with Crippen molar-refractivity contribution < 1.29 is 21.2 Å². The zero-order valence-electron chi connectivity index (χ0n) is 15.4. The normalized spacial score (nSPS) is 12.4. The first kappa shape index (κ1) is 21.1. The third-order valence-electron chi connectivity index (χ3n) is 3.51. The van der Waals surface area contributed by atoms with E-state index >= 15 is 0 Å². The summed E-state index contributed by atoms with van der Waals surface area (Å²) in [6.07, 6.45) is 0.364. The maximum atomic E-state index is 14.2. The summed E-state index contributed by atoms with van der Waals surface area (Å²) in [6, 6.07) is 2.91. The Morgan fingerprint density at radius 3 is 2.37 bits per heavy atom. The Morgan fingerprint density at radius 2 is 1.85 bits per heavy atom. The molecule has 0 amide bonds. The zero-order valence-corrected chi connectivity index (χ0v) is 17.0. The number of sulfonamides is 2. The monoisotopic (exact) mass is 419 g/mol. The van der Waals surface area contributed by atoms with Crippen molar-refractivity contribution in [3.05, 3.63) is 29.8 Å². The number of hydrogen-bond donors (Lipinski definition) is 2. The molecule has 1 aromatic carbocycles. The Bertz CT molecular complexity index is 1030. The van der Waals surface area contributed by atoms with Gasteiger partial charge in [0, 0.05) is 13.0 Å². The van der Waals surface area contributed by atoms with Crippen molar-refractivity contribution in [3.63, 3.8) is 0 Å². The predicted octanol–water partition coefficient (Wildman–Crippen LogP) is 2.03. The molecule has 0 saturated heterocycles. The van der Waals surface area contributed by atoms with Crippen LogP contribution in [-0.2, 0) is 27.1 Å². The summed E-state index contributed by atoms with van der Waals surface area (Å²) < 4.78 is 68.3. The van der Waals surface area contributed by atoms with Gasteiger partial charge in [0.2, 0.25) is 16.0 Å². The Hall–Kier alpha value is -2.21. The van der Waals surface area contributed by atoms with Gasteiger partial charge in [0.05, 0.1) is 16.3 Å². The molecule has 0 saturated carbocycles. The second kappa shape index (κ2) is 7.80. The van der Waals surface area contributed by atoms with Gasteiger partial charge in [-0.3, -0.25) is 4.72 Å². The van der Waals surface area contributed by atoms with E-state index in [1.54, 1.807) is 6.92 Å². The third kappa shape index (κ3) is 5.16. The summed E-state index contributed by atoms with van der Waals surface area (Å²) in [5.74, 6) is -0.715. The van der Waals surface area contributed by atoms with Crippen LogP contribution in [0.2, 0.25) is 0 Å². The maximum Gasteiger partial charge on any atom is 0.264 e. The lowest BCUT2D eigenvalue weighted by molar-refractivity contribution is 0.594. The summed E-state index contributed by atoms with van der Waals surface area (Å²) in [7, 11) is -6.29. The van der Waals surface area contributed by atoms with Crippen LogP contribution in [0, 0.1) is 5.82 Å². The first-order valence-electron chi connectivity index (χ1n) is 8.19. The Labute approximate surface area is 158 Å². The van der Waals surface area contributed by atoms with Crippen molar-refractivity contribution in [2.75, 3.05) is 15.2 Å². The van der Waals surface area contributed by atoms with E-state index < -0.39 is 25.9 Å². The molecule has 2 N–H and O–H groups in total. The van der Waals surface area contributed by atoms with E-state index in [0.29, 0.717) is 12.2 Å². The molecular formula is C15H22FN5O4S2. The largest absolute Gasteiger partial charge is 0.281 e. The molecule has 27 heavy (non-hydrogen) atoms. The summed E-state index contributed by atoms with van der Waals surface area (Å²) >= 11 is 0. The molecule has 0 bridgehead atoms. The van der Waals surface area contributed by atoms with E-state index in [9.17, 15) is 21.2 Å². The van der Waals surface area contributed by atoms with E-state index in [0.717, 1.165) is 18.2 Å². The number of halogens is 1. The summed E-state index contributed by atoms with van der Waals surface area (Å²) in [5.41, 5.74) is -0.317. The molecule has 2 aromatic rings. The number of aromatic nitrogens is 3. The van der Waals surface area contributed by atoms with Gasteiger partial charge in [0.1, 0.15) is 5.82 Å². The molecule has 1 aromatic heterocycles. The highest BCUT2D eigenvalue weighted by Crippen LogP contribution is 2.22. The maximum absolute atomic E-state index is 14.2. The number of benzene rings is 1. The number of rotatable bonds is 8. The molecule has 0 radical (unpaired) electrons. The number of nitrogens with one attached hydrogen (secondary N) is 2. The number of anilines is 2. The minimum absolute atomic E-state index is 0.00215. The topological polar surface area (TPSA) is 123 Å². The minimum Gasteiger partial charge on any atom is -0.281 e. The molecule has 2 rings (SSSR count). The average Bonchev–Trinajstić information content (AvgIpc) is 2.89. The number of nitrogens with zero attached hydrogens (tertiary/aromatic N) is 3. The molecule has 0 aliphatic heterocycles. The second-order valence-electron chi connectivity index (χ2n) is 6.24. The van der Waals surface area contributed by atoms with Crippen molar-refractivity contribution in [3.8, 4) is 0 Å². The molecule has 12 heteroatoms. The second-order valence-corrected chi connectivity index (χ2v) is 9.76. The van der Waals surface area contributed by atoms with Gasteiger partial charge in [-0.2, -0.15) is 10.1 Å². The van der Waals surface area contributed by atoms with Gasteiger partial charge in [-0.15, -0.1) is 0 Å². The Kier molecular flexibility index (Phi) is 6.10. The SMILES string of the molecule is CCCS(=O)(=O)Nc1ccc(S(=O)(=O)Nc2nc(C(C)C)nn2C)cc1F. The fraction of sp³-hybridized carbons (Fsp3) is 0.467. The zero-order chi connectivity index (χ0) is 20.4. The molecule has 1 heterocycles. The molecule has 0 fully saturated rings. The van der Waals surface area contributed by atoms with E-state index in [-0.39, 0.29) is 28.2 Å². The van der Waals surface area contributed by atoms with Gasteiger partial charge >= 0.3 is 0 Å². The van der Waals surface area contributed by atoms with Crippen LogP contribution < -0.4 is 9.44 Å². The predicted molar refractivity (Wildman–Crippen MR) is 100 cm³/mol. The number of aryl methyl sites for hydroxylation is 1. The number of hydrogen-bond acceptors (Lipinski definition) is 6. The van der Waals surface area contributed by atoms with Gasteiger partial charge < -0.3 is 0 Å². The highest BCUT2D eigenvalue weighted by molar-refractivity contribution is 7.93. The molecule has 0 spiro atoms. The van der Waals surface area contributed by atoms with Crippen LogP contribution in [0.1, 0.15) is 38.9 Å². The third-order valence-corrected chi connectivity index (χ3v) is 6.31. The van der Waals surface area contributed by atoms with E-state index in [2.05, 4.69) is 19.5 Å². The lowest BCUT2D eigenvalue weighted by Crippen LogP contribution is -2.18. The van der Waals surface area contributed by atoms with Gasteiger partial charge in [-0.25, -0.2) is 30.6 Å². The van der Waals surface area contributed by atoms with E-state index in [4.69, 9.17) is 0 Å². The summed E-state index contributed by atoms with van der Waals surface area (Å²) in [6.45, 7) is 5.40. The van der Waals surface area contributed by atoms with Crippen LogP contribution in [0.5, 0.6) is 0 Å². The first-order valence-corrected chi connectivity index (χ1v) is 11.3. The molecule has 0 aliphatic rings. The van der Waals surface area contributed by atoms with Crippen LogP contribution in [-0.4, -0.2) is 37.4 Å². The molecule has 150 valence electrons. The summed E-state index contributed by atoms with van der Waals surface area (Å²) in [5, 5.41) is 4.11. The Balaban J connectivity index is 2.28. The van der Waals surface area contributed by atoms with Gasteiger partial charge in [0.25, 0.3) is 10.0 Å². The lowest BCUT2D eigenvalue weighted by atomic mass is 10.2. The average molecular weight is 420 g/mol. The van der Waals surface area contributed by atoms with Crippen LogP contribution in [0.4, 0.5) is 16.0 Å². The molecular weight excluding hydrogens is 397 g/mol. The quantitative estimate of drug-likeness (QED) is 0.675. The van der Waals surface area contributed by atoms with Crippen LogP contribution in [0.25, 0.3) is 0 Å². The molecule has 0 atom stereocenters. The van der Waals surface area contributed by atoms with Crippen LogP contribution in [0.3, 0.4) is 0 Å². The first-order chi connectivity index (χ1) is 12.4. The lowest BCUT2D eigenvalue weighted by Gasteiger charge is -2.10. The highest BCUT2D eigenvalue weighted by atomic mass is 32.2. The summed E-state index contributed by atoms with van der Waals surface area (Å²) in [4.78, 5) is 3.74. The van der Waals surface area contributed by atoms with Crippen LogP contribution >= 0.6 is 0 Å². The van der Waals surface area contributed by atoms with Crippen molar-refractivity contribution in [2.24, 2.45) is 7.05 Å². The minimum atomic E-state index is -4.13. The van der Waals surface area contributed by atoms with Crippen molar-refractivity contribution in [2.45, 2.75) is 38.0 Å². The fourth-order valence-corrected chi connectivity index (χ4v) is 4.33. The fourth-order valence-electron chi connectivity index (χ4n) is 2.15. The van der Waals surface area contributed by atoms with Gasteiger partial charge in [-0.1, -0.05) is 20.8 Å². The highest BCUT2D eigenvalue weighted by Gasteiger charge is 2.21. The van der Waals surface area contributed by atoms with Crippen molar-refractivity contribution >= 4 is 31.7 Å². The van der Waals surface area contributed by atoms with E-state index in [1.165, 1.54) is 11.7 Å². The molecule has 0 unspecified atom stereocenters. The van der Waals surface area contributed by atoms with E-state index in [1.807, 2.05) is 13.8 Å². The standard InChI is InChI=1S/C15H22FN5O4S2/c1-5-8-26(22,23)19-13-7-6-11(9-12(13)16)27(24,25)20-15-17-14(10(2)3)18-21(15)4/h6-7,9-10,19H,5,8H2,1-4H3,(H,17,18,20). The van der Waals surface area contributed by atoms with Crippen molar-refractivity contribution in [1.82, 2.24) is 14.8 Å². The van der Waals surface area contributed by atoms with Crippen LogP contribution in [0.15, 0.2) is 23.1 Å². The van der Waals surface area contributed by atoms with Gasteiger partial charge in [0.15, 0.2) is 5.82 Å². The smallest absolute Gasteiger partial charge is 0.264 e. The van der Waals surface area contributed by atoms with Gasteiger partial charge in [-0.05, 0) is 24.6 Å². The molecule has 0 aliphatic carbocycles. The Morgan fingerprint density at radius 1 is 1.19 bits per heavy atom. The van der Waals surface area contributed by atoms with Crippen molar-refractivity contribution in [1.29, 1.82) is 0 Å². The molecule has 9 nitrogen and oxygen atoms in total.